The first-order valence-corrected chi connectivity index (χ1v) is 6.95. The van der Waals surface area contributed by atoms with Gasteiger partial charge < -0.3 is 4.74 Å². The van der Waals surface area contributed by atoms with Gasteiger partial charge in [0.05, 0.1) is 6.04 Å². The normalized spacial score (nSPS) is 19.5. The average Bonchev–Trinajstić information content (AvgIpc) is 3.10. The molecule has 1 N–H and O–H groups in total. The van der Waals surface area contributed by atoms with Crippen molar-refractivity contribution < 1.29 is 17.9 Å². The molecular weight excluding hydrogens is 297 g/mol. The highest BCUT2D eigenvalue weighted by atomic mass is 19.4. The van der Waals surface area contributed by atoms with Crippen molar-refractivity contribution in [1.82, 2.24) is 20.1 Å². The molecule has 1 aromatic heterocycles. The minimum absolute atomic E-state index is 0.175. The number of hydrogen-bond acceptors (Lipinski definition) is 4. The van der Waals surface area contributed by atoms with Gasteiger partial charge in [-0.2, -0.15) is 5.10 Å². The summed E-state index contributed by atoms with van der Waals surface area (Å²) in [6.45, 7) is 1.57. The first-order valence-electron chi connectivity index (χ1n) is 6.95. The van der Waals surface area contributed by atoms with Crippen LogP contribution in [0, 0.1) is 0 Å². The highest BCUT2D eigenvalue weighted by molar-refractivity contribution is 5.27. The minimum atomic E-state index is -4.66. The maximum atomic E-state index is 12.1. The Kier molecular flexibility index (Phi) is 4.02. The lowest BCUT2D eigenvalue weighted by Gasteiger charge is -2.22. The van der Waals surface area contributed by atoms with Crippen LogP contribution < -0.4 is 4.74 Å². The summed E-state index contributed by atoms with van der Waals surface area (Å²) in [6.07, 6.45) is -1.13. The van der Waals surface area contributed by atoms with Crippen LogP contribution >= 0.6 is 0 Å². The third-order valence-corrected chi connectivity index (χ3v) is 3.66. The van der Waals surface area contributed by atoms with Gasteiger partial charge >= 0.3 is 6.36 Å². The van der Waals surface area contributed by atoms with Crippen LogP contribution in [0.4, 0.5) is 13.2 Å². The quantitative estimate of drug-likeness (QED) is 0.943. The number of ether oxygens (including phenoxy) is 1. The van der Waals surface area contributed by atoms with E-state index in [1.807, 2.05) is 0 Å². The van der Waals surface area contributed by atoms with Crippen molar-refractivity contribution in [2.75, 3.05) is 6.54 Å². The van der Waals surface area contributed by atoms with E-state index in [1.165, 1.54) is 18.5 Å². The summed E-state index contributed by atoms with van der Waals surface area (Å²) in [5.74, 6) is 0.624. The Labute approximate surface area is 125 Å². The summed E-state index contributed by atoms with van der Waals surface area (Å²) in [6, 6.07) is 6.15. The van der Waals surface area contributed by atoms with Crippen molar-refractivity contribution in [2.45, 2.75) is 31.8 Å². The lowest BCUT2D eigenvalue weighted by Crippen LogP contribution is -2.23. The molecule has 0 unspecified atom stereocenters. The lowest BCUT2D eigenvalue weighted by molar-refractivity contribution is -0.274. The molecule has 0 spiro atoms. The van der Waals surface area contributed by atoms with E-state index in [1.54, 1.807) is 12.1 Å². The number of halogens is 3. The van der Waals surface area contributed by atoms with Crippen LogP contribution in [0.5, 0.6) is 5.75 Å². The second-order valence-corrected chi connectivity index (χ2v) is 5.19. The number of hydrogen-bond donors (Lipinski definition) is 1. The zero-order valence-electron chi connectivity index (χ0n) is 11.7. The number of likely N-dealkylation sites (tertiary alicyclic amines) is 1. The van der Waals surface area contributed by atoms with Crippen molar-refractivity contribution >= 4 is 0 Å². The van der Waals surface area contributed by atoms with Crippen molar-refractivity contribution in [3.8, 4) is 5.75 Å². The number of benzene rings is 1. The van der Waals surface area contributed by atoms with Gasteiger partial charge in [0.1, 0.15) is 17.9 Å². The van der Waals surface area contributed by atoms with Gasteiger partial charge in [0.25, 0.3) is 0 Å². The summed E-state index contributed by atoms with van der Waals surface area (Å²) >= 11 is 0. The number of nitrogens with zero attached hydrogens (tertiary/aromatic N) is 3. The third kappa shape index (κ3) is 3.56. The fourth-order valence-electron chi connectivity index (χ4n) is 2.73. The Morgan fingerprint density at radius 2 is 2.05 bits per heavy atom. The molecule has 1 aliphatic heterocycles. The van der Waals surface area contributed by atoms with E-state index in [9.17, 15) is 13.2 Å². The summed E-state index contributed by atoms with van der Waals surface area (Å²) in [4.78, 5) is 6.43. The topological polar surface area (TPSA) is 54.0 Å². The van der Waals surface area contributed by atoms with E-state index in [0.717, 1.165) is 30.8 Å². The minimum Gasteiger partial charge on any atom is -0.406 e. The number of rotatable bonds is 4. The molecule has 118 valence electrons. The molecule has 0 saturated carbocycles. The van der Waals surface area contributed by atoms with E-state index in [2.05, 4.69) is 24.8 Å². The number of aromatic nitrogens is 3. The van der Waals surface area contributed by atoms with Crippen LogP contribution in [0.1, 0.15) is 30.3 Å². The molecule has 0 aliphatic carbocycles. The molecule has 0 radical (unpaired) electrons. The molecule has 1 aromatic carbocycles. The zero-order valence-corrected chi connectivity index (χ0v) is 11.7. The summed E-state index contributed by atoms with van der Waals surface area (Å²) in [5.41, 5.74) is 0.931. The highest BCUT2D eigenvalue weighted by Crippen LogP contribution is 2.31. The number of nitrogens with one attached hydrogen (secondary N) is 1. The third-order valence-electron chi connectivity index (χ3n) is 3.66. The van der Waals surface area contributed by atoms with Gasteiger partial charge in [-0.3, -0.25) is 10.00 Å². The molecule has 1 aliphatic rings. The fourth-order valence-corrected chi connectivity index (χ4v) is 2.73. The molecular formula is C14H15F3N4O. The molecule has 3 rings (SSSR count). The van der Waals surface area contributed by atoms with E-state index < -0.39 is 6.36 Å². The smallest absolute Gasteiger partial charge is 0.406 e. The van der Waals surface area contributed by atoms with Crippen LogP contribution in [0.3, 0.4) is 0 Å². The predicted octanol–water partition coefficient (Wildman–Crippen LogP) is 3.04. The van der Waals surface area contributed by atoms with E-state index in [-0.39, 0.29) is 11.8 Å². The maximum absolute atomic E-state index is 12.1. The van der Waals surface area contributed by atoms with Crippen molar-refractivity contribution in [3.63, 3.8) is 0 Å². The number of aromatic amines is 1. The van der Waals surface area contributed by atoms with Gasteiger partial charge in [-0.25, -0.2) is 4.98 Å². The second-order valence-electron chi connectivity index (χ2n) is 5.19. The Balaban J connectivity index is 1.65. The van der Waals surface area contributed by atoms with Crippen LogP contribution in [0.25, 0.3) is 0 Å². The maximum Gasteiger partial charge on any atom is 0.573 e. The largest absolute Gasteiger partial charge is 0.573 e. The number of alkyl halides is 3. The van der Waals surface area contributed by atoms with Crippen molar-refractivity contribution in [3.05, 3.63) is 42.0 Å². The van der Waals surface area contributed by atoms with Crippen LogP contribution in [0.2, 0.25) is 0 Å². The molecule has 2 aromatic rings. The zero-order chi connectivity index (χ0) is 15.6. The van der Waals surface area contributed by atoms with Gasteiger partial charge in [0.2, 0.25) is 0 Å². The molecule has 0 amide bonds. The first kappa shape index (κ1) is 14.8. The van der Waals surface area contributed by atoms with E-state index in [0.29, 0.717) is 6.54 Å². The Bertz CT molecular complexity index is 598. The SMILES string of the molecule is FC(F)(F)Oc1ccc(CN2CCC[C@@H]2c2ncn[nH]2)cc1. The Morgan fingerprint density at radius 3 is 2.68 bits per heavy atom. The molecule has 1 fully saturated rings. The van der Waals surface area contributed by atoms with Gasteiger partial charge in [0, 0.05) is 6.54 Å². The predicted molar refractivity (Wildman–Crippen MR) is 71.9 cm³/mol. The molecule has 5 nitrogen and oxygen atoms in total. The van der Waals surface area contributed by atoms with Gasteiger partial charge in [-0.1, -0.05) is 12.1 Å². The molecule has 8 heteroatoms. The molecule has 1 atom stereocenters. The van der Waals surface area contributed by atoms with Crippen LogP contribution in [-0.4, -0.2) is 33.0 Å². The monoisotopic (exact) mass is 312 g/mol. The van der Waals surface area contributed by atoms with Gasteiger partial charge in [-0.15, -0.1) is 13.2 Å². The summed E-state index contributed by atoms with van der Waals surface area (Å²) in [7, 11) is 0. The van der Waals surface area contributed by atoms with Crippen molar-refractivity contribution in [1.29, 1.82) is 0 Å². The summed E-state index contributed by atoms with van der Waals surface area (Å²) < 4.78 is 40.3. The molecule has 22 heavy (non-hydrogen) atoms. The van der Waals surface area contributed by atoms with E-state index >= 15 is 0 Å². The van der Waals surface area contributed by atoms with Crippen molar-refractivity contribution in [2.24, 2.45) is 0 Å². The van der Waals surface area contributed by atoms with Gasteiger partial charge in [-0.05, 0) is 37.1 Å². The van der Waals surface area contributed by atoms with E-state index in [4.69, 9.17) is 0 Å². The summed E-state index contributed by atoms with van der Waals surface area (Å²) in [5, 5.41) is 6.75. The average molecular weight is 312 g/mol. The standard InChI is InChI=1S/C14H15F3N4O/c15-14(16,17)22-11-5-3-10(4-6-11)8-21-7-1-2-12(21)13-18-9-19-20-13/h3-6,9,12H,1-2,7-8H2,(H,18,19,20)/t12-/m1/s1. The lowest BCUT2D eigenvalue weighted by atomic mass is 10.1. The molecule has 0 bridgehead atoms. The van der Waals surface area contributed by atoms with Gasteiger partial charge in [0.15, 0.2) is 0 Å². The Morgan fingerprint density at radius 1 is 1.27 bits per heavy atom. The molecule has 1 saturated heterocycles. The molecule has 2 heterocycles. The fraction of sp³-hybridized carbons (Fsp3) is 0.429. The highest BCUT2D eigenvalue weighted by Gasteiger charge is 2.31. The van der Waals surface area contributed by atoms with Crippen LogP contribution in [0.15, 0.2) is 30.6 Å². The first-order chi connectivity index (χ1) is 10.5. The Hall–Kier alpha value is -2.09. The number of H-pyrrole nitrogens is 1. The second kappa shape index (κ2) is 5.96. The van der Waals surface area contributed by atoms with Crippen LogP contribution in [-0.2, 0) is 6.54 Å².